The molecule has 0 radical (unpaired) electrons. The topological polar surface area (TPSA) is 20.3 Å². The summed E-state index contributed by atoms with van der Waals surface area (Å²) < 4.78 is 0. The quantitative estimate of drug-likeness (QED) is 0.587. The van der Waals surface area contributed by atoms with Crippen molar-refractivity contribution in [2.45, 2.75) is 38.1 Å². The van der Waals surface area contributed by atoms with Crippen LogP contribution in [0.4, 0.5) is 0 Å². The van der Waals surface area contributed by atoms with E-state index >= 15 is 0 Å². The van der Waals surface area contributed by atoms with Crippen molar-refractivity contribution in [1.29, 1.82) is 0 Å². The van der Waals surface area contributed by atoms with E-state index in [9.17, 15) is 4.79 Å². The van der Waals surface area contributed by atoms with Crippen LogP contribution in [0.1, 0.15) is 32.1 Å². The van der Waals surface area contributed by atoms with Crippen LogP contribution in [0.25, 0.3) is 0 Å². The molecule has 2 fully saturated rings. The largest absolute Gasteiger partial charge is 0.343 e. The van der Waals surface area contributed by atoms with Gasteiger partial charge >= 0.3 is 0 Å². The number of hydrogen-bond acceptors (Lipinski definition) is 1. The molecule has 1 amide bonds. The van der Waals surface area contributed by atoms with Gasteiger partial charge in [-0.1, -0.05) is 12.8 Å². The van der Waals surface area contributed by atoms with Gasteiger partial charge in [-0.15, -0.1) is 0 Å². The van der Waals surface area contributed by atoms with E-state index in [4.69, 9.17) is 0 Å². The zero-order chi connectivity index (χ0) is 7.84. The summed E-state index contributed by atoms with van der Waals surface area (Å²) in [5.74, 6) is 1.30. The van der Waals surface area contributed by atoms with Gasteiger partial charge in [0.2, 0.25) is 5.91 Å². The minimum Gasteiger partial charge on any atom is -0.343 e. The van der Waals surface area contributed by atoms with Gasteiger partial charge in [0.15, 0.2) is 0 Å². The van der Waals surface area contributed by atoms with Crippen molar-refractivity contribution in [2.24, 2.45) is 5.92 Å². The normalized spacial score (nSPS) is 31.5. The summed E-state index contributed by atoms with van der Waals surface area (Å²) in [4.78, 5) is 13.1. The summed E-state index contributed by atoms with van der Waals surface area (Å²) in [6.07, 6.45) is 5.96. The van der Waals surface area contributed by atoms with Crippen molar-refractivity contribution in [1.82, 2.24) is 4.90 Å². The van der Waals surface area contributed by atoms with Crippen molar-refractivity contribution < 1.29 is 4.79 Å². The molecule has 0 aromatic heterocycles. The molecule has 2 heteroatoms. The van der Waals surface area contributed by atoms with Crippen LogP contribution < -0.4 is 0 Å². The first-order valence-corrected chi connectivity index (χ1v) is 4.53. The van der Waals surface area contributed by atoms with Crippen molar-refractivity contribution in [3.05, 3.63) is 0 Å². The fraction of sp³-hybridized carbons (Fsp3) is 0.889. The Morgan fingerprint density at radius 1 is 1.45 bits per heavy atom. The van der Waals surface area contributed by atoms with E-state index < -0.39 is 0 Å². The van der Waals surface area contributed by atoms with Crippen LogP contribution in [0.2, 0.25) is 0 Å². The molecular weight excluding hydrogens is 138 g/mol. The molecule has 2 aliphatic rings. The second kappa shape index (κ2) is 2.50. The molecule has 0 aromatic rings. The summed E-state index contributed by atoms with van der Waals surface area (Å²) in [5, 5.41) is 0. The maximum Gasteiger partial charge on any atom is 0.222 e. The van der Waals surface area contributed by atoms with Crippen LogP contribution in [0, 0.1) is 5.92 Å². The van der Waals surface area contributed by atoms with Gasteiger partial charge in [-0.25, -0.2) is 0 Å². The molecule has 1 aliphatic heterocycles. The SMILES string of the molecule is CN1C(=O)CC[C@@H]1CC1CC1. The molecule has 0 unspecified atom stereocenters. The Labute approximate surface area is 67.6 Å². The Balaban J connectivity index is 1.88. The second-order valence-corrected chi connectivity index (χ2v) is 3.88. The molecule has 1 atom stereocenters. The smallest absolute Gasteiger partial charge is 0.222 e. The van der Waals surface area contributed by atoms with Crippen LogP contribution in [0.5, 0.6) is 0 Å². The van der Waals surface area contributed by atoms with Gasteiger partial charge in [0.25, 0.3) is 0 Å². The number of hydrogen-bond donors (Lipinski definition) is 0. The molecule has 62 valence electrons. The monoisotopic (exact) mass is 153 g/mol. The molecular formula is C9H15NO. The standard InChI is InChI=1S/C9H15NO/c1-10-8(4-5-9(10)11)6-7-2-3-7/h7-8H,2-6H2,1H3/t8-/m1/s1. The number of carbonyl (C=O) groups is 1. The molecule has 0 N–H and O–H groups in total. The van der Waals surface area contributed by atoms with Gasteiger partial charge in [-0.05, 0) is 18.8 Å². The minimum absolute atomic E-state index is 0.343. The minimum atomic E-state index is 0.343. The van der Waals surface area contributed by atoms with Crippen molar-refractivity contribution in [3.8, 4) is 0 Å². The summed E-state index contributed by atoms with van der Waals surface area (Å²) >= 11 is 0. The summed E-state index contributed by atoms with van der Waals surface area (Å²) in [5.41, 5.74) is 0. The Morgan fingerprint density at radius 2 is 2.18 bits per heavy atom. The number of amides is 1. The highest BCUT2D eigenvalue weighted by Crippen LogP contribution is 2.36. The lowest BCUT2D eigenvalue weighted by molar-refractivity contribution is -0.127. The average Bonchev–Trinajstić information content (AvgIpc) is 2.74. The van der Waals surface area contributed by atoms with E-state index in [0.29, 0.717) is 11.9 Å². The summed E-state index contributed by atoms with van der Waals surface area (Å²) in [7, 11) is 1.95. The first kappa shape index (κ1) is 7.14. The highest BCUT2D eigenvalue weighted by atomic mass is 16.2. The number of carbonyl (C=O) groups excluding carboxylic acids is 1. The molecule has 0 bridgehead atoms. The Morgan fingerprint density at radius 3 is 2.64 bits per heavy atom. The van der Waals surface area contributed by atoms with Gasteiger partial charge in [-0.2, -0.15) is 0 Å². The van der Waals surface area contributed by atoms with Gasteiger partial charge in [-0.3, -0.25) is 4.79 Å². The summed E-state index contributed by atoms with van der Waals surface area (Å²) in [6, 6.07) is 0.579. The molecule has 0 aromatic carbocycles. The first-order valence-electron chi connectivity index (χ1n) is 4.53. The lowest BCUT2D eigenvalue weighted by Crippen LogP contribution is -2.28. The number of likely N-dealkylation sites (tertiary alicyclic amines) is 1. The second-order valence-electron chi connectivity index (χ2n) is 3.88. The van der Waals surface area contributed by atoms with E-state index in [1.807, 2.05) is 11.9 Å². The third-order valence-corrected chi connectivity index (χ3v) is 2.93. The Kier molecular flexibility index (Phi) is 1.63. The third-order valence-electron chi connectivity index (χ3n) is 2.93. The van der Waals surface area contributed by atoms with Crippen molar-refractivity contribution in [2.75, 3.05) is 7.05 Å². The Bertz CT molecular complexity index is 174. The molecule has 2 nitrogen and oxygen atoms in total. The number of nitrogens with zero attached hydrogens (tertiary/aromatic N) is 1. The van der Waals surface area contributed by atoms with Gasteiger partial charge in [0.1, 0.15) is 0 Å². The first-order chi connectivity index (χ1) is 5.27. The fourth-order valence-electron chi connectivity index (χ4n) is 1.88. The molecule has 1 saturated carbocycles. The van der Waals surface area contributed by atoms with Crippen LogP contribution in [0.15, 0.2) is 0 Å². The zero-order valence-electron chi connectivity index (χ0n) is 7.05. The Hall–Kier alpha value is -0.530. The van der Waals surface area contributed by atoms with E-state index in [-0.39, 0.29) is 0 Å². The van der Waals surface area contributed by atoms with Crippen molar-refractivity contribution in [3.63, 3.8) is 0 Å². The third kappa shape index (κ3) is 1.39. The average molecular weight is 153 g/mol. The highest BCUT2D eigenvalue weighted by molar-refractivity contribution is 5.78. The van der Waals surface area contributed by atoms with Crippen molar-refractivity contribution >= 4 is 5.91 Å². The summed E-state index contributed by atoms with van der Waals surface area (Å²) in [6.45, 7) is 0. The van der Waals surface area contributed by atoms with Crippen LogP contribution >= 0.6 is 0 Å². The predicted octanol–water partition coefficient (Wildman–Crippen LogP) is 1.41. The zero-order valence-corrected chi connectivity index (χ0v) is 7.05. The number of rotatable bonds is 2. The van der Waals surface area contributed by atoms with Gasteiger partial charge < -0.3 is 4.90 Å². The predicted molar refractivity (Wildman–Crippen MR) is 43.1 cm³/mol. The van der Waals surface area contributed by atoms with Crippen LogP contribution in [-0.2, 0) is 4.79 Å². The molecule has 2 rings (SSSR count). The van der Waals surface area contributed by atoms with Crippen LogP contribution in [0.3, 0.4) is 0 Å². The maximum atomic E-state index is 11.1. The lowest BCUT2D eigenvalue weighted by Gasteiger charge is -2.19. The van der Waals surface area contributed by atoms with E-state index in [1.54, 1.807) is 0 Å². The molecule has 1 heterocycles. The molecule has 11 heavy (non-hydrogen) atoms. The lowest BCUT2D eigenvalue weighted by atomic mass is 10.1. The van der Waals surface area contributed by atoms with E-state index in [1.165, 1.54) is 19.3 Å². The van der Waals surface area contributed by atoms with E-state index in [0.717, 1.165) is 18.8 Å². The molecule has 1 saturated heterocycles. The maximum absolute atomic E-state index is 11.1. The van der Waals surface area contributed by atoms with E-state index in [2.05, 4.69) is 0 Å². The van der Waals surface area contributed by atoms with Gasteiger partial charge in [0, 0.05) is 19.5 Å². The highest BCUT2D eigenvalue weighted by Gasteiger charge is 2.32. The fourth-order valence-corrected chi connectivity index (χ4v) is 1.88. The van der Waals surface area contributed by atoms with Gasteiger partial charge in [0.05, 0.1) is 0 Å². The molecule has 0 spiro atoms. The molecule has 1 aliphatic carbocycles. The van der Waals surface area contributed by atoms with Crippen LogP contribution in [-0.4, -0.2) is 23.9 Å².